The van der Waals surface area contributed by atoms with E-state index in [0.717, 1.165) is 22.5 Å². The largest absolute Gasteiger partial charge is 0.378 e. The maximum atomic E-state index is 13.5. The monoisotopic (exact) mass is 531 g/mol. The highest BCUT2D eigenvalue weighted by atomic mass is 32.2. The highest BCUT2D eigenvalue weighted by Gasteiger charge is 2.42. The summed E-state index contributed by atoms with van der Waals surface area (Å²) < 4.78 is 0. The highest BCUT2D eigenvalue weighted by Crippen LogP contribution is 2.47. The van der Waals surface area contributed by atoms with E-state index in [1.54, 1.807) is 12.1 Å². The lowest BCUT2D eigenvalue weighted by atomic mass is 9.69. The van der Waals surface area contributed by atoms with Gasteiger partial charge in [0, 0.05) is 61.3 Å². The number of allylic oxidation sites excluding steroid dienone is 2. The van der Waals surface area contributed by atoms with E-state index in [-0.39, 0.29) is 22.4 Å². The molecule has 196 valence electrons. The molecule has 1 aliphatic heterocycles. The number of benzene rings is 2. The van der Waals surface area contributed by atoms with Crippen molar-refractivity contribution in [3.8, 4) is 0 Å². The van der Waals surface area contributed by atoms with Gasteiger partial charge in [-0.1, -0.05) is 49.9 Å². The molecule has 3 aromatic rings. The molecule has 0 bridgehead atoms. The Hall–Kier alpha value is -3.92. The fraction of sp³-hybridized carbons (Fsp3) is 0.321. The number of anilines is 2. The third kappa shape index (κ3) is 4.96. The van der Waals surface area contributed by atoms with Crippen molar-refractivity contribution in [1.82, 2.24) is 9.97 Å². The Bertz CT molecular complexity index is 1510. The van der Waals surface area contributed by atoms with Crippen LogP contribution in [-0.2, 0) is 10.5 Å². The number of nitrogens with zero attached hydrogens (tertiary/aromatic N) is 3. The van der Waals surface area contributed by atoms with Gasteiger partial charge in [-0.15, -0.1) is 0 Å². The van der Waals surface area contributed by atoms with E-state index in [1.165, 1.54) is 23.9 Å². The highest BCUT2D eigenvalue weighted by molar-refractivity contribution is 7.98. The number of carbonyl (C=O) groups excluding carboxylic acids is 1. The summed E-state index contributed by atoms with van der Waals surface area (Å²) in [5.74, 6) is 0.484. The van der Waals surface area contributed by atoms with Crippen molar-refractivity contribution >= 4 is 34.7 Å². The van der Waals surface area contributed by atoms with Gasteiger partial charge < -0.3 is 15.2 Å². The maximum absolute atomic E-state index is 13.5. The fourth-order valence-corrected chi connectivity index (χ4v) is 5.94. The first-order valence-electron chi connectivity index (χ1n) is 12.3. The average molecular weight is 532 g/mol. The van der Waals surface area contributed by atoms with E-state index in [9.17, 15) is 19.7 Å². The number of hydrogen-bond donors (Lipinski definition) is 2. The van der Waals surface area contributed by atoms with Crippen molar-refractivity contribution in [2.24, 2.45) is 5.41 Å². The SMILES string of the molecule is CN(C)c1ccc([C@H]2C3=C(CC(C)(C)CC3=O)Nc3nc(SCc4ccc([N+](=O)[O-])cc4)[nH]c(=O)c32)cc1. The van der Waals surface area contributed by atoms with Gasteiger partial charge in [-0.2, -0.15) is 0 Å². The van der Waals surface area contributed by atoms with Crippen molar-refractivity contribution in [3.05, 3.63) is 97.0 Å². The summed E-state index contributed by atoms with van der Waals surface area (Å²) in [6.07, 6.45) is 1.10. The molecular weight excluding hydrogens is 502 g/mol. The van der Waals surface area contributed by atoms with Crippen LogP contribution in [0, 0.1) is 15.5 Å². The van der Waals surface area contributed by atoms with Crippen LogP contribution in [0.1, 0.15) is 49.3 Å². The Morgan fingerprint density at radius 3 is 2.39 bits per heavy atom. The number of Topliss-reactive ketones (excluding diaryl/α,β-unsaturated/α-hetero) is 1. The van der Waals surface area contributed by atoms with Crippen molar-refractivity contribution in [3.63, 3.8) is 0 Å². The molecule has 2 heterocycles. The molecule has 0 amide bonds. The van der Waals surface area contributed by atoms with Crippen molar-refractivity contribution in [2.45, 2.75) is 43.5 Å². The van der Waals surface area contributed by atoms with Crippen LogP contribution in [0.25, 0.3) is 0 Å². The number of nitro benzene ring substituents is 1. The molecule has 38 heavy (non-hydrogen) atoms. The molecule has 5 rings (SSSR count). The van der Waals surface area contributed by atoms with Crippen molar-refractivity contribution < 1.29 is 9.72 Å². The average Bonchev–Trinajstić information content (AvgIpc) is 2.85. The van der Waals surface area contributed by atoms with E-state index in [0.29, 0.717) is 40.7 Å². The summed E-state index contributed by atoms with van der Waals surface area (Å²) in [4.78, 5) is 47.1. The molecule has 10 heteroatoms. The van der Waals surface area contributed by atoms with E-state index in [2.05, 4.69) is 24.1 Å². The molecule has 1 aromatic heterocycles. The van der Waals surface area contributed by atoms with Crippen molar-refractivity contribution in [1.29, 1.82) is 0 Å². The number of fused-ring (bicyclic) bond motifs is 1. The number of aromatic amines is 1. The smallest absolute Gasteiger partial charge is 0.269 e. The first-order valence-corrected chi connectivity index (χ1v) is 13.3. The summed E-state index contributed by atoms with van der Waals surface area (Å²) in [6.45, 7) is 4.15. The first-order chi connectivity index (χ1) is 18.0. The molecule has 2 aliphatic rings. The van der Waals surface area contributed by atoms with Crippen LogP contribution in [0.3, 0.4) is 0 Å². The van der Waals surface area contributed by atoms with Gasteiger partial charge in [0.25, 0.3) is 11.2 Å². The summed E-state index contributed by atoms with van der Waals surface area (Å²) in [5.41, 5.74) is 4.22. The number of aromatic nitrogens is 2. The second kappa shape index (κ2) is 9.75. The minimum Gasteiger partial charge on any atom is -0.378 e. The van der Waals surface area contributed by atoms with Gasteiger partial charge in [-0.25, -0.2) is 4.98 Å². The molecule has 0 saturated heterocycles. The molecule has 2 N–H and O–H groups in total. The van der Waals surface area contributed by atoms with E-state index in [4.69, 9.17) is 4.98 Å². The lowest BCUT2D eigenvalue weighted by molar-refractivity contribution is -0.384. The van der Waals surface area contributed by atoms with E-state index >= 15 is 0 Å². The van der Waals surface area contributed by atoms with Crippen LogP contribution in [0.5, 0.6) is 0 Å². The number of ketones is 1. The lowest BCUT2D eigenvalue weighted by Gasteiger charge is -2.38. The fourth-order valence-electron chi connectivity index (χ4n) is 5.13. The Morgan fingerprint density at radius 2 is 1.76 bits per heavy atom. The van der Waals surface area contributed by atoms with Gasteiger partial charge in [0.2, 0.25) is 0 Å². The third-order valence-electron chi connectivity index (χ3n) is 6.97. The Morgan fingerprint density at radius 1 is 1.08 bits per heavy atom. The van der Waals surface area contributed by atoms with Crippen LogP contribution in [0.4, 0.5) is 17.2 Å². The number of nitro groups is 1. The van der Waals surface area contributed by atoms with Crippen LogP contribution < -0.4 is 15.8 Å². The van der Waals surface area contributed by atoms with Gasteiger partial charge in [-0.05, 0) is 35.1 Å². The second-order valence-corrected chi connectivity index (χ2v) is 11.7. The normalized spacial score (nSPS) is 17.9. The summed E-state index contributed by atoms with van der Waals surface area (Å²) >= 11 is 1.34. The summed E-state index contributed by atoms with van der Waals surface area (Å²) in [7, 11) is 3.93. The number of hydrogen-bond acceptors (Lipinski definition) is 8. The molecular formula is C28H29N5O4S. The molecule has 1 atom stereocenters. The number of H-pyrrole nitrogens is 1. The number of carbonyl (C=O) groups is 1. The number of thioether (sulfide) groups is 1. The quantitative estimate of drug-likeness (QED) is 0.192. The Kier molecular flexibility index (Phi) is 6.60. The van der Waals surface area contributed by atoms with Crippen LogP contribution >= 0.6 is 11.8 Å². The zero-order chi connectivity index (χ0) is 27.2. The lowest BCUT2D eigenvalue weighted by Crippen LogP contribution is -2.37. The van der Waals surface area contributed by atoms with Gasteiger partial charge in [-0.3, -0.25) is 19.7 Å². The number of rotatable bonds is 6. The Labute approximate surface area is 224 Å². The van der Waals surface area contributed by atoms with Gasteiger partial charge in [0.15, 0.2) is 10.9 Å². The van der Waals surface area contributed by atoms with Crippen molar-refractivity contribution in [2.75, 3.05) is 24.3 Å². The predicted molar refractivity (Wildman–Crippen MR) is 149 cm³/mol. The maximum Gasteiger partial charge on any atom is 0.269 e. The van der Waals surface area contributed by atoms with E-state index in [1.807, 2.05) is 43.3 Å². The topological polar surface area (TPSA) is 121 Å². The molecule has 0 unspecified atom stereocenters. The molecule has 9 nitrogen and oxygen atoms in total. The molecule has 1 aliphatic carbocycles. The summed E-state index contributed by atoms with van der Waals surface area (Å²) in [5, 5.41) is 14.7. The first kappa shape index (κ1) is 25.7. The minimum atomic E-state index is -0.508. The second-order valence-electron chi connectivity index (χ2n) is 10.7. The van der Waals surface area contributed by atoms with Gasteiger partial charge in [0.1, 0.15) is 5.82 Å². The Balaban J connectivity index is 1.53. The molecule has 0 fully saturated rings. The molecule has 0 spiro atoms. The zero-order valence-corrected chi connectivity index (χ0v) is 22.5. The number of non-ortho nitro benzene ring substituents is 1. The molecule has 0 saturated carbocycles. The van der Waals surface area contributed by atoms with Gasteiger partial charge >= 0.3 is 0 Å². The third-order valence-corrected chi connectivity index (χ3v) is 7.91. The number of nitrogens with one attached hydrogen (secondary N) is 2. The van der Waals surface area contributed by atoms with Crippen LogP contribution in [0.2, 0.25) is 0 Å². The van der Waals surface area contributed by atoms with Gasteiger partial charge in [0.05, 0.1) is 10.5 Å². The molecule has 0 radical (unpaired) electrons. The van der Waals surface area contributed by atoms with Crippen LogP contribution in [0.15, 0.2) is 69.8 Å². The zero-order valence-electron chi connectivity index (χ0n) is 21.7. The minimum absolute atomic E-state index is 0.0296. The van der Waals surface area contributed by atoms with Crippen LogP contribution in [-0.4, -0.2) is 34.8 Å². The molecule has 2 aromatic carbocycles. The summed E-state index contributed by atoms with van der Waals surface area (Å²) in [6, 6.07) is 14.2. The van der Waals surface area contributed by atoms with E-state index < -0.39 is 10.8 Å². The predicted octanol–water partition coefficient (Wildman–Crippen LogP) is 5.24. The standard InChI is InChI=1S/C28H29N5O4S/c1-28(2)13-20-23(21(34)14-28)22(17-7-11-18(12-8-17)32(3)4)24-25(29-20)30-27(31-26(24)35)38-15-16-5-9-19(10-6-16)33(36)37/h5-12,22H,13-15H2,1-4H3,(H2,29,30,31,35)/t22-/m0/s1.